The molecule has 0 saturated heterocycles. The Labute approximate surface area is 111 Å². The lowest BCUT2D eigenvalue weighted by Crippen LogP contribution is -2.26. The van der Waals surface area contributed by atoms with E-state index in [0.717, 1.165) is 17.9 Å². The minimum absolute atomic E-state index is 0.0783. The molecule has 1 heterocycles. The van der Waals surface area contributed by atoms with Crippen LogP contribution >= 0.6 is 11.9 Å². The molecular weight excluding hydrogens is 246 g/mol. The number of carbonyl (C=O) groups is 1. The summed E-state index contributed by atoms with van der Waals surface area (Å²) in [6.45, 7) is 2.86. The van der Waals surface area contributed by atoms with E-state index in [9.17, 15) is 4.79 Å². The fourth-order valence-corrected chi connectivity index (χ4v) is 2.89. The first-order chi connectivity index (χ1) is 8.65. The number of hydrazine groups is 1. The number of nitrogens with zero attached hydrogens (tertiary/aromatic N) is 1. The van der Waals surface area contributed by atoms with Crippen LogP contribution in [0.3, 0.4) is 0 Å². The smallest absolute Gasteiger partial charge is 0.200 e. The van der Waals surface area contributed by atoms with E-state index in [2.05, 4.69) is 12.3 Å². The minimum Gasteiger partial charge on any atom is -0.399 e. The van der Waals surface area contributed by atoms with Gasteiger partial charge in [0.2, 0.25) is 5.78 Å². The highest BCUT2D eigenvalue weighted by Crippen LogP contribution is 2.34. The third kappa shape index (κ3) is 2.58. The lowest BCUT2D eigenvalue weighted by Gasteiger charge is -2.11. The number of rotatable bonds is 4. The molecular formula is C13H17N3OS. The fourth-order valence-electron chi connectivity index (χ4n) is 1.82. The lowest BCUT2D eigenvalue weighted by molar-refractivity contribution is 0.104. The molecule has 18 heavy (non-hydrogen) atoms. The van der Waals surface area contributed by atoms with Crippen LogP contribution in [0, 0.1) is 0 Å². The second-order valence-corrected chi connectivity index (χ2v) is 5.12. The van der Waals surface area contributed by atoms with Gasteiger partial charge in [0.15, 0.2) is 0 Å². The minimum atomic E-state index is 0.0783. The van der Waals surface area contributed by atoms with Crippen LogP contribution in [0.1, 0.15) is 23.7 Å². The molecule has 2 rings (SSSR count). The Hall–Kier alpha value is -1.30. The maximum atomic E-state index is 12.4. The number of anilines is 1. The van der Waals surface area contributed by atoms with Crippen molar-refractivity contribution in [2.45, 2.75) is 13.3 Å². The third-order valence-corrected chi connectivity index (χ3v) is 4.10. The van der Waals surface area contributed by atoms with Gasteiger partial charge in [0.25, 0.3) is 0 Å². The van der Waals surface area contributed by atoms with Crippen molar-refractivity contribution in [2.24, 2.45) is 0 Å². The summed E-state index contributed by atoms with van der Waals surface area (Å²) in [7, 11) is 1.86. The van der Waals surface area contributed by atoms with E-state index in [0.29, 0.717) is 11.3 Å². The predicted octanol–water partition coefficient (Wildman–Crippen LogP) is 2.21. The Bertz CT molecular complexity index is 482. The molecule has 0 unspecified atom stereocenters. The SMILES string of the molecule is CCC1=C(C(=O)c2ccc(N)cc2)SN(NC)C1. The molecule has 0 fully saturated rings. The number of nitrogen functional groups attached to an aromatic ring is 1. The summed E-state index contributed by atoms with van der Waals surface area (Å²) in [4.78, 5) is 13.2. The van der Waals surface area contributed by atoms with Crippen LogP contribution in [0.15, 0.2) is 34.7 Å². The highest BCUT2D eigenvalue weighted by Gasteiger charge is 2.26. The standard InChI is InChI=1S/C13H17N3OS/c1-3-9-8-16(15-2)18-13(9)12(17)10-4-6-11(14)7-5-10/h4-7,15H,3,8,14H2,1-2H3. The molecule has 0 spiro atoms. The number of ketones is 1. The van der Waals surface area contributed by atoms with Gasteiger partial charge >= 0.3 is 0 Å². The van der Waals surface area contributed by atoms with Gasteiger partial charge in [0, 0.05) is 17.8 Å². The van der Waals surface area contributed by atoms with E-state index in [4.69, 9.17) is 5.73 Å². The molecule has 96 valence electrons. The molecule has 1 aromatic rings. The monoisotopic (exact) mass is 263 g/mol. The highest BCUT2D eigenvalue weighted by molar-refractivity contribution is 8.02. The van der Waals surface area contributed by atoms with Gasteiger partial charge < -0.3 is 5.73 Å². The van der Waals surface area contributed by atoms with Gasteiger partial charge in [0.05, 0.1) is 4.91 Å². The Morgan fingerprint density at radius 1 is 1.44 bits per heavy atom. The number of carbonyl (C=O) groups excluding carboxylic acids is 1. The number of benzene rings is 1. The van der Waals surface area contributed by atoms with E-state index < -0.39 is 0 Å². The van der Waals surface area contributed by atoms with Crippen LogP contribution < -0.4 is 11.2 Å². The van der Waals surface area contributed by atoms with Gasteiger partial charge in [0.1, 0.15) is 0 Å². The summed E-state index contributed by atoms with van der Waals surface area (Å²) >= 11 is 1.47. The highest BCUT2D eigenvalue weighted by atomic mass is 32.2. The number of Topliss-reactive ketones (excluding diaryl/α,β-unsaturated/α-hetero) is 1. The Morgan fingerprint density at radius 2 is 2.11 bits per heavy atom. The van der Waals surface area contributed by atoms with Gasteiger partial charge in [-0.05, 0) is 55.3 Å². The summed E-state index contributed by atoms with van der Waals surface area (Å²) in [6.07, 6.45) is 0.890. The van der Waals surface area contributed by atoms with Gasteiger partial charge in [-0.2, -0.15) is 4.41 Å². The van der Waals surface area contributed by atoms with Crippen molar-refractivity contribution >= 4 is 23.4 Å². The molecule has 0 aliphatic carbocycles. The van der Waals surface area contributed by atoms with Crippen LogP contribution in [0.25, 0.3) is 0 Å². The summed E-state index contributed by atoms with van der Waals surface area (Å²) in [5.41, 5.74) is 11.2. The summed E-state index contributed by atoms with van der Waals surface area (Å²) < 4.78 is 1.96. The van der Waals surface area contributed by atoms with E-state index in [1.165, 1.54) is 17.5 Å². The van der Waals surface area contributed by atoms with Gasteiger partial charge in [-0.15, -0.1) is 0 Å². The summed E-state index contributed by atoms with van der Waals surface area (Å²) in [6, 6.07) is 7.07. The zero-order valence-electron chi connectivity index (χ0n) is 10.6. The second kappa shape index (κ2) is 5.56. The van der Waals surface area contributed by atoms with Crippen molar-refractivity contribution in [3.05, 3.63) is 40.3 Å². The molecule has 1 aromatic carbocycles. The van der Waals surface area contributed by atoms with Gasteiger partial charge in [-0.1, -0.05) is 6.92 Å². The Balaban J connectivity index is 2.25. The van der Waals surface area contributed by atoms with E-state index >= 15 is 0 Å². The van der Waals surface area contributed by atoms with Crippen LogP contribution in [0.4, 0.5) is 5.69 Å². The van der Waals surface area contributed by atoms with Crippen LogP contribution in [0.5, 0.6) is 0 Å². The first kappa shape index (κ1) is 13.1. The number of allylic oxidation sites excluding steroid dienone is 1. The molecule has 0 aromatic heterocycles. The molecule has 3 N–H and O–H groups in total. The van der Waals surface area contributed by atoms with Gasteiger partial charge in [-0.3, -0.25) is 4.79 Å². The maximum absolute atomic E-state index is 12.4. The van der Waals surface area contributed by atoms with Crippen molar-refractivity contribution in [1.82, 2.24) is 9.84 Å². The van der Waals surface area contributed by atoms with E-state index in [1.54, 1.807) is 24.3 Å². The average molecular weight is 263 g/mol. The van der Waals surface area contributed by atoms with Crippen LogP contribution in [0.2, 0.25) is 0 Å². The quantitative estimate of drug-likeness (QED) is 0.495. The molecule has 0 atom stereocenters. The van der Waals surface area contributed by atoms with E-state index in [-0.39, 0.29) is 5.78 Å². The zero-order valence-corrected chi connectivity index (χ0v) is 11.4. The second-order valence-electron chi connectivity index (χ2n) is 4.09. The Kier molecular flexibility index (Phi) is 4.06. The van der Waals surface area contributed by atoms with Crippen molar-refractivity contribution < 1.29 is 4.79 Å². The Morgan fingerprint density at radius 3 is 2.67 bits per heavy atom. The normalized spacial score (nSPS) is 16.3. The average Bonchev–Trinajstić information content (AvgIpc) is 2.82. The zero-order chi connectivity index (χ0) is 13.1. The lowest BCUT2D eigenvalue weighted by atomic mass is 10.1. The molecule has 0 bridgehead atoms. The number of nitrogens with one attached hydrogen (secondary N) is 1. The molecule has 0 radical (unpaired) electrons. The molecule has 1 aliphatic heterocycles. The van der Waals surface area contributed by atoms with Crippen molar-refractivity contribution in [2.75, 3.05) is 19.3 Å². The van der Waals surface area contributed by atoms with Crippen molar-refractivity contribution in [3.63, 3.8) is 0 Å². The summed E-state index contributed by atoms with van der Waals surface area (Å²) in [5, 5.41) is 0. The molecule has 4 nitrogen and oxygen atoms in total. The molecule has 0 saturated carbocycles. The van der Waals surface area contributed by atoms with Gasteiger partial charge in [-0.25, -0.2) is 5.43 Å². The largest absolute Gasteiger partial charge is 0.399 e. The maximum Gasteiger partial charge on any atom is 0.200 e. The number of hydrogen-bond acceptors (Lipinski definition) is 5. The van der Waals surface area contributed by atoms with Crippen LogP contribution in [-0.4, -0.2) is 23.8 Å². The summed E-state index contributed by atoms with van der Waals surface area (Å²) in [5.74, 6) is 0.0783. The molecule has 1 aliphatic rings. The number of hydrogen-bond donors (Lipinski definition) is 2. The first-order valence-corrected chi connectivity index (χ1v) is 6.68. The topological polar surface area (TPSA) is 58.4 Å². The third-order valence-electron chi connectivity index (χ3n) is 2.91. The molecule has 0 amide bonds. The fraction of sp³-hybridized carbons (Fsp3) is 0.308. The predicted molar refractivity (Wildman–Crippen MR) is 75.9 cm³/mol. The molecule has 5 heteroatoms. The first-order valence-electron chi connectivity index (χ1n) is 5.90. The van der Waals surface area contributed by atoms with Crippen molar-refractivity contribution in [3.8, 4) is 0 Å². The van der Waals surface area contributed by atoms with Crippen molar-refractivity contribution in [1.29, 1.82) is 0 Å². The van der Waals surface area contributed by atoms with Crippen LogP contribution in [-0.2, 0) is 0 Å². The van der Waals surface area contributed by atoms with E-state index in [1.807, 2.05) is 11.5 Å². The number of nitrogens with two attached hydrogens (primary N) is 1.